The van der Waals surface area contributed by atoms with E-state index in [2.05, 4.69) is 15.5 Å². The molecule has 1 N–H and O–H groups in total. The first-order chi connectivity index (χ1) is 12.3. The van der Waals surface area contributed by atoms with Crippen molar-refractivity contribution in [2.75, 3.05) is 6.61 Å². The number of carbonyl (C=O) groups excluding carboxylic acids is 1. The molecule has 0 bridgehead atoms. The smallest absolute Gasteiger partial charge is 0.251 e. The topological polar surface area (TPSA) is 69.0 Å². The largest absolute Gasteiger partial charge is 0.372 e. The van der Waals surface area contributed by atoms with E-state index in [-0.39, 0.29) is 5.91 Å². The summed E-state index contributed by atoms with van der Waals surface area (Å²) in [6.07, 6.45) is 0. The van der Waals surface area contributed by atoms with Crippen molar-refractivity contribution in [1.29, 1.82) is 0 Å². The van der Waals surface area contributed by atoms with Crippen LogP contribution in [0.3, 0.4) is 0 Å². The van der Waals surface area contributed by atoms with E-state index in [1.54, 1.807) is 0 Å². The average molecular weight is 334 g/mol. The number of nitrogens with one attached hydrogen (secondary N) is 1. The predicted octanol–water partition coefficient (Wildman–Crippen LogP) is 2.41. The number of aromatic nitrogens is 3. The summed E-state index contributed by atoms with van der Waals surface area (Å²) in [6, 6.07) is 17.7. The van der Waals surface area contributed by atoms with Crippen LogP contribution in [0.2, 0.25) is 0 Å². The Morgan fingerprint density at radius 1 is 1.04 bits per heavy atom. The molecule has 1 aliphatic rings. The molecule has 0 saturated heterocycles. The standard InChI is InChI=1S/C19H18N4O2/c24-19(20-12-17-21-22-18-13-25-11-10-23(17)18)16-8-6-15(7-9-16)14-4-2-1-3-5-14/h1-9H,10-13H2,(H,20,24). The van der Waals surface area contributed by atoms with Gasteiger partial charge in [0.05, 0.1) is 13.2 Å². The summed E-state index contributed by atoms with van der Waals surface area (Å²) in [5.41, 5.74) is 2.84. The second-order valence-corrected chi connectivity index (χ2v) is 5.86. The molecule has 1 amide bonds. The van der Waals surface area contributed by atoms with Gasteiger partial charge in [-0.25, -0.2) is 0 Å². The number of hydrogen-bond acceptors (Lipinski definition) is 4. The lowest BCUT2D eigenvalue weighted by atomic mass is 10.0. The van der Waals surface area contributed by atoms with Crippen LogP contribution in [-0.2, 0) is 24.4 Å². The SMILES string of the molecule is O=C(NCc1nnc2n1CCOC2)c1ccc(-c2ccccc2)cc1. The minimum atomic E-state index is -0.121. The molecule has 6 heteroatoms. The molecule has 3 aromatic rings. The van der Waals surface area contributed by atoms with Gasteiger partial charge in [-0.15, -0.1) is 10.2 Å². The van der Waals surface area contributed by atoms with Crippen molar-refractivity contribution in [3.05, 3.63) is 71.8 Å². The zero-order chi connectivity index (χ0) is 17.1. The molecule has 2 heterocycles. The minimum absolute atomic E-state index is 0.121. The molecule has 0 atom stereocenters. The Bertz CT molecular complexity index is 872. The van der Waals surface area contributed by atoms with Crippen LogP contribution >= 0.6 is 0 Å². The van der Waals surface area contributed by atoms with Gasteiger partial charge in [-0.3, -0.25) is 4.79 Å². The summed E-state index contributed by atoms with van der Waals surface area (Å²) in [5, 5.41) is 11.1. The fourth-order valence-electron chi connectivity index (χ4n) is 2.89. The number of rotatable bonds is 4. The van der Waals surface area contributed by atoms with Crippen LogP contribution in [-0.4, -0.2) is 27.3 Å². The van der Waals surface area contributed by atoms with Gasteiger partial charge in [0.15, 0.2) is 11.6 Å². The number of benzene rings is 2. The Morgan fingerprint density at radius 3 is 2.60 bits per heavy atom. The Kier molecular flexibility index (Phi) is 4.26. The normalized spacial score (nSPS) is 13.3. The van der Waals surface area contributed by atoms with Crippen molar-refractivity contribution in [1.82, 2.24) is 20.1 Å². The summed E-state index contributed by atoms with van der Waals surface area (Å²) >= 11 is 0. The molecule has 126 valence electrons. The molecule has 0 aliphatic carbocycles. The fraction of sp³-hybridized carbons (Fsp3) is 0.211. The van der Waals surface area contributed by atoms with E-state index in [1.165, 1.54) is 0 Å². The highest BCUT2D eigenvalue weighted by molar-refractivity contribution is 5.94. The summed E-state index contributed by atoms with van der Waals surface area (Å²) in [6.45, 7) is 2.19. The molecule has 1 aliphatic heterocycles. The molecule has 4 rings (SSSR count). The van der Waals surface area contributed by atoms with Crippen molar-refractivity contribution in [2.24, 2.45) is 0 Å². The molecule has 0 saturated carbocycles. The van der Waals surface area contributed by atoms with Crippen molar-refractivity contribution in [2.45, 2.75) is 19.7 Å². The Balaban J connectivity index is 1.42. The van der Waals surface area contributed by atoms with Crippen LogP contribution in [0.25, 0.3) is 11.1 Å². The van der Waals surface area contributed by atoms with Crippen LogP contribution in [0.5, 0.6) is 0 Å². The van der Waals surface area contributed by atoms with Crippen LogP contribution in [0, 0.1) is 0 Å². The molecule has 1 aromatic heterocycles. The van der Waals surface area contributed by atoms with Gasteiger partial charge in [0.2, 0.25) is 0 Å². The Labute approximate surface area is 145 Å². The van der Waals surface area contributed by atoms with E-state index in [4.69, 9.17) is 4.74 Å². The third kappa shape index (κ3) is 3.29. The molecule has 2 aromatic carbocycles. The van der Waals surface area contributed by atoms with E-state index >= 15 is 0 Å². The molecule has 0 fully saturated rings. The maximum atomic E-state index is 12.4. The van der Waals surface area contributed by atoms with Crippen LogP contribution in [0.15, 0.2) is 54.6 Å². The average Bonchev–Trinajstić information content (AvgIpc) is 3.10. The van der Waals surface area contributed by atoms with Crippen molar-refractivity contribution in [3.8, 4) is 11.1 Å². The van der Waals surface area contributed by atoms with Crippen molar-refractivity contribution in [3.63, 3.8) is 0 Å². The fourth-order valence-corrected chi connectivity index (χ4v) is 2.89. The highest BCUT2D eigenvalue weighted by Gasteiger charge is 2.16. The molecule has 0 spiro atoms. The van der Waals surface area contributed by atoms with Gasteiger partial charge in [0.25, 0.3) is 5.91 Å². The lowest BCUT2D eigenvalue weighted by Crippen LogP contribution is -2.26. The van der Waals surface area contributed by atoms with Gasteiger partial charge in [-0.2, -0.15) is 0 Å². The number of hydrogen-bond donors (Lipinski definition) is 1. The first kappa shape index (κ1) is 15.5. The van der Waals surface area contributed by atoms with Crippen molar-refractivity contribution < 1.29 is 9.53 Å². The minimum Gasteiger partial charge on any atom is -0.372 e. The van der Waals surface area contributed by atoms with Gasteiger partial charge in [0.1, 0.15) is 6.61 Å². The lowest BCUT2D eigenvalue weighted by Gasteiger charge is -2.15. The van der Waals surface area contributed by atoms with Gasteiger partial charge < -0.3 is 14.6 Å². The lowest BCUT2D eigenvalue weighted by molar-refractivity contribution is 0.0802. The first-order valence-electron chi connectivity index (χ1n) is 8.23. The second kappa shape index (κ2) is 6.86. The summed E-state index contributed by atoms with van der Waals surface area (Å²) < 4.78 is 7.34. The molecule has 0 radical (unpaired) electrons. The monoisotopic (exact) mass is 334 g/mol. The molecule has 25 heavy (non-hydrogen) atoms. The summed E-state index contributed by atoms with van der Waals surface area (Å²) in [4.78, 5) is 12.4. The van der Waals surface area contributed by atoms with Crippen LogP contribution < -0.4 is 5.32 Å². The summed E-state index contributed by atoms with van der Waals surface area (Å²) in [7, 11) is 0. The predicted molar refractivity (Wildman–Crippen MR) is 92.7 cm³/mol. The first-order valence-corrected chi connectivity index (χ1v) is 8.23. The van der Waals surface area contributed by atoms with Gasteiger partial charge >= 0.3 is 0 Å². The number of ether oxygens (including phenoxy) is 1. The molecular weight excluding hydrogens is 316 g/mol. The van der Waals surface area contributed by atoms with E-state index in [1.807, 2.05) is 59.2 Å². The number of amides is 1. The Morgan fingerprint density at radius 2 is 1.80 bits per heavy atom. The summed E-state index contributed by atoms with van der Waals surface area (Å²) in [5.74, 6) is 1.44. The van der Waals surface area contributed by atoms with E-state index in [9.17, 15) is 4.79 Å². The van der Waals surface area contributed by atoms with Crippen LogP contribution in [0.4, 0.5) is 0 Å². The third-order valence-corrected chi connectivity index (χ3v) is 4.26. The van der Waals surface area contributed by atoms with Gasteiger partial charge in [-0.05, 0) is 23.3 Å². The van der Waals surface area contributed by atoms with E-state index in [0.29, 0.717) is 25.3 Å². The Hall–Kier alpha value is -2.99. The highest BCUT2D eigenvalue weighted by Crippen LogP contribution is 2.19. The van der Waals surface area contributed by atoms with E-state index < -0.39 is 0 Å². The van der Waals surface area contributed by atoms with Gasteiger partial charge in [-0.1, -0.05) is 42.5 Å². The third-order valence-electron chi connectivity index (χ3n) is 4.26. The van der Waals surface area contributed by atoms with E-state index in [0.717, 1.165) is 29.3 Å². The molecule has 0 unspecified atom stereocenters. The zero-order valence-corrected chi connectivity index (χ0v) is 13.7. The zero-order valence-electron chi connectivity index (χ0n) is 13.7. The number of carbonyl (C=O) groups is 1. The van der Waals surface area contributed by atoms with Crippen molar-refractivity contribution >= 4 is 5.91 Å². The maximum absolute atomic E-state index is 12.4. The molecular formula is C19H18N4O2. The van der Waals surface area contributed by atoms with Crippen LogP contribution in [0.1, 0.15) is 22.0 Å². The maximum Gasteiger partial charge on any atom is 0.251 e. The second-order valence-electron chi connectivity index (χ2n) is 5.86. The quantitative estimate of drug-likeness (QED) is 0.795. The highest BCUT2D eigenvalue weighted by atomic mass is 16.5. The number of nitrogens with zero attached hydrogens (tertiary/aromatic N) is 3. The van der Waals surface area contributed by atoms with Gasteiger partial charge in [0, 0.05) is 12.1 Å². The molecule has 6 nitrogen and oxygen atoms in total. The number of fused-ring (bicyclic) bond motifs is 1.